The number of aliphatic hydroxyl groups is 1. The lowest BCUT2D eigenvalue weighted by molar-refractivity contribution is -0.291. The second-order valence-electron chi connectivity index (χ2n) is 7.89. The molecule has 0 aliphatic heterocycles. The molecule has 2 aromatic carbocycles. The van der Waals surface area contributed by atoms with Crippen molar-refractivity contribution in [2.75, 3.05) is 0 Å². The van der Waals surface area contributed by atoms with Crippen molar-refractivity contribution in [1.29, 1.82) is 0 Å². The molecular formula is C23H21F5N6O. The number of aliphatic hydroxyl groups excluding tert-OH is 1. The first kappa shape index (κ1) is 24.5. The van der Waals surface area contributed by atoms with E-state index in [0.717, 1.165) is 11.1 Å². The van der Waals surface area contributed by atoms with Crippen LogP contribution in [0.2, 0.25) is 0 Å². The molecule has 2 heterocycles. The Morgan fingerprint density at radius 3 is 2.34 bits per heavy atom. The van der Waals surface area contributed by atoms with Crippen LogP contribution in [-0.2, 0) is 25.5 Å². The Labute approximate surface area is 196 Å². The number of alkyl halides is 5. The zero-order chi connectivity index (χ0) is 25.2. The number of aromatic amines is 1. The number of halogens is 5. The first-order valence-electron chi connectivity index (χ1n) is 10.7. The first-order valence-corrected chi connectivity index (χ1v) is 10.7. The van der Waals surface area contributed by atoms with Crippen molar-refractivity contribution in [2.24, 2.45) is 0 Å². The molecule has 12 heteroatoms. The Morgan fingerprint density at radius 2 is 1.74 bits per heavy atom. The number of hydrogen-bond acceptors (Lipinski definition) is 5. The summed E-state index contributed by atoms with van der Waals surface area (Å²) >= 11 is 0. The van der Waals surface area contributed by atoms with Crippen LogP contribution < -0.4 is 0 Å². The predicted molar refractivity (Wildman–Crippen MR) is 116 cm³/mol. The largest absolute Gasteiger partial charge is 0.459 e. The highest BCUT2D eigenvalue weighted by Crippen LogP contribution is 2.45. The van der Waals surface area contributed by atoms with Crippen molar-refractivity contribution in [3.05, 3.63) is 71.3 Å². The SMILES string of the molecule is CCCc1nc(C(F)(F)C(F)(F)F)c(CO)n1Cc1ccc(-c2ccccc2)c(-c2nnn[nH]2)c1. The number of rotatable bonds is 8. The van der Waals surface area contributed by atoms with Crippen LogP contribution in [0.25, 0.3) is 22.5 Å². The molecule has 0 aliphatic carbocycles. The molecule has 0 fully saturated rings. The van der Waals surface area contributed by atoms with E-state index in [2.05, 4.69) is 25.6 Å². The number of tetrazole rings is 1. The highest BCUT2D eigenvalue weighted by Gasteiger charge is 2.61. The van der Waals surface area contributed by atoms with Gasteiger partial charge in [0.1, 0.15) is 11.5 Å². The zero-order valence-corrected chi connectivity index (χ0v) is 18.5. The third-order valence-electron chi connectivity index (χ3n) is 5.54. The summed E-state index contributed by atoms with van der Waals surface area (Å²) in [5.41, 5.74) is 0.800. The van der Waals surface area contributed by atoms with Crippen molar-refractivity contribution in [2.45, 2.75) is 45.0 Å². The number of nitrogens with one attached hydrogen (secondary N) is 1. The summed E-state index contributed by atoms with van der Waals surface area (Å²) in [6.07, 6.45) is -5.23. The lowest BCUT2D eigenvalue weighted by Crippen LogP contribution is -2.35. The van der Waals surface area contributed by atoms with Gasteiger partial charge in [0.05, 0.1) is 12.3 Å². The fraction of sp³-hybridized carbons (Fsp3) is 0.304. The highest BCUT2D eigenvalue weighted by molar-refractivity contribution is 5.80. The van der Waals surface area contributed by atoms with E-state index in [1.165, 1.54) is 4.57 Å². The maximum Gasteiger partial charge on any atom is 0.459 e. The molecule has 184 valence electrons. The first-order chi connectivity index (χ1) is 16.7. The van der Waals surface area contributed by atoms with Gasteiger partial charge < -0.3 is 9.67 Å². The fourth-order valence-corrected chi connectivity index (χ4v) is 3.90. The van der Waals surface area contributed by atoms with Gasteiger partial charge in [-0.25, -0.2) is 10.1 Å². The molecule has 4 rings (SSSR count). The molecule has 0 bridgehead atoms. The summed E-state index contributed by atoms with van der Waals surface area (Å²) in [4.78, 5) is 3.64. The van der Waals surface area contributed by atoms with Crippen LogP contribution in [0.1, 0.15) is 36.1 Å². The Morgan fingerprint density at radius 1 is 1.00 bits per heavy atom. The van der Waals surface area contributed by atoms with E-state index in [9.17, 15) is 27.1 Å². The summed E-state index contributed by atoms with van der Waals surface area (Å²) in [5, 5.41) is 23.7. The second-order valence-corrected chi connectivity index (χ2v) is 7.89. The van der Waals surface area contributed by atoms with Crippen LogP contribution in [0.3, 0.4) is 0 Å². The van der Waals surface area contributed by atoms with E-state index in [0.29, 0.717) is 23.4 Å². The van der Waals surface area contributed by atoms with E-state index in [4.69, 9.17) is 0 Å². The lowest BCUT2D eigenvalue weighted by atomic mass is 9.97. The third-order valence-corrected chi connectivity index (χ3v) is 5.54. The van der Waals surface area contributed by atoms with Crippen LogP contribution in [0.5, 0.6) is 0 Å². The molecular weight excluding hydrogens is 471 g/mol. The summed E-state index contributed by atoms with van der Waals surface area (Å²) in [6.45, 7) is 0.636. The summed E-state index contributed by atoms with van der Waals surface area (Å²) in [6, 6.07) is 14.6. The highest BCUT2D eigenvalue weighted by atomic mass is 19.4. The maximum absolute atomic E-state index is 14.2. The van der Waals surface area contributed by atoms with Gasteiger partial charge >= 0.3 is 12.1 Å². The average Bonchev–Trinajstić information content (AvgIpc) is 3.48. The van der Waals surface area contributed by atoms with Gasteiger partial charge in [0, 0.05) is 18.5 Å². The maximum atomic E-state index is 14.2. The number of aryl methyl sites for hydroxylation is 1. The summed E-state index contributed by atoms with van der Waals surface area (Å²) in [7, 11) is 0. The van der Waals surface area contributed by atoms with Gasteiger partial charge in [0.25, 0.3) is 0 Å². The van der Waals surface area contributed by atoms with Gasteiger partial charge in [-0.3, -0.25) is 0 Å². The summed E-state index contributed by atoms with van der Waals surface area (Å²) < 4.78 is 69.0. The van der Waals surface area contributed by atoms with Crippen molar-refractivity contribution < 1.29 is 27.1 Å². The van der Waals surface area contributed by atoms with Crippen molar-refractivity contribution >= 4 is 0 Å². The number of hydrogen-bond donors (Lipinski definition) is 2. The van der Waals surface area contributed by atoms with E-state index < -0.39 is 30.1 Å². The molecule has 35 heavy (non-hydrogen) atoms. The molecule has 0 saturated heterocycles. The van der Waals surface area contributed by atoms with Gasteiger partial charge in [-0.15, -0.1) is 5.10 Å². The molecule has 0 saturated carbocycles. The normalized spacial score (nSPS) is 12.3. The van der Waals surface area contributed by atoms with Crippen molar-refractivity contribution in [3.8, 4) is 22.5 Å². The Balaban J connectivity index is 1.82. The Hall–Kier alpha value is -3.67. The number of benzene rings is 2. The lowest BCUT2D eigenvalue weighted by Gasteiger charge is -2.19. The number of H-pyrrole nitrogens is 1. The Bertz CT molecular complexity index is 1290. The molecule has 2 aromatic heterocycles. The second kappa shape index (κ2) is 9.53. The number of aromatic nitrogens is 6. The molecule has 0 amide bonds. The molecule has 0 atom stereocenters. The van der Waals surface area contributed by atoms with E-state index in [1.54, 1.807) is 25.1 Å². The topological polar surface area (TPSA) is 92.5 Å². The smallest absolute Gasteiger partial charge is 0.390 e. The van der Waals surface area contributed by atoms with Gasteiger partial charge in [0.2, 0.25) is 0 Å². The van der Waals surface area contributed by atoms with Crippen LogP contribution >= 0.6 is 0 Å². The van der Waals surface area contributed by atoms with Gasteiger partial charge in [0.15, 0.2) is 5.82 Å². The minimum atomic E-state index is -5.84. The van der Waals surface area contributed by atoms with Crippen LogP contribution in [-0.4, -0.2) is 41.5 Å². The van der Waals surface area contributed by atoms with Gasteiger partial charge in [-0.1, -0.05) is 49.4 Å². The molecule has 4 aromatic rings. The third kappa shape index (κ3) is 4.65. The van der Waals surface area contributed by atoms with E-state index >= 15 is 0 Å². The Kier molecular flexibility index (Phi) is 6.66. The minimum absolute atomic E-state index is 0.0329. The monoisotopic (exact) mass is 492 g/mol. The van der Waals surface area contributed by atoms with Crippen LogP contribution in [0.15, 0.2) is 48.5 Å². The fourth-order valence-electron chi connectivity index (χ4n) is 3.90. The van der Waals surface area contributed by atoms with Crippen molar-refractivity contribution in [3.63, 3.8) is 0 Å². The predicted octanol–water partition coefficient (Wildman–Crippen LogP) is 4.88. The van der Waals surface area contributed by atoms with Crippen LogP contribution in [0.4, 0.5) is 22.0 Å². The standard InChI is InChI=1S/C23H21F5N6O/c1-2-6-19-29-20(22(24,25)23(26,27)28)18(13-35)34(19)12-14-9-10-16(15-7-4-3-5-8-15)17(11-14)21-30-32-33-31-21/h3-5,7-11,35H,2,6,12-13H2,1H3,(H,30,31,32,33). The molecule has 0 aliphatic rings. The molecule has 0 spiro atoms. The number of imidazole rings is 1. The molecule has 2 N–H and O–H groups in total. The van der Waals surface area contributed by atoms with Gasteiger partial charge in [-0.2, -0.15) is 22.0 Å². The van der Waals surface area contributed by atoms with E-state index in [1.807, 2.05) is 30.3 Å². The van der Waals surface area contributed by atoms with E-state index in [-0.39, 0.29) is 18.8 Å². The quantitative estimate of drug-likeness (QED) is 0.342. The minimum Gasteiger partial charge on any atom is -0.390 e. The number of nitrogens with zero attached hydrogens (tertiary/aromatic N) is 5. The molecule has 7 nitrogen and oxygen atoms in total. The van der Waals surface area contributed by atoms with Crippen LogP contribution in [0, 0.1) is 0 Å². The molecule has 0 unspecified atom stereocenters. The molecule has 0 radical (unpaired) electrons. The van der Waals surface area contributed by atoms with Gasteiger partial charge in [-0.05, 0) is 39.6 Å². The van der Waals surface area contributed by atoms with Crippen molar-refractivity contribution in [1.82, 2.24) is 30.2 Å². The zero-order valence-electron chi connectivity index (χ0n) is 18.5. The summed E-state index contributed by atoms with van der Waals surface area (Å²) in [5.74, 6) is -4.81. The average molecular weight is 492 g/mol.